The lowest BCUT2D eigenvalue weighted by atomic mass is 10.2. The average Bonchev–Trinajstić information content (AvgIpc) is 2.75. The second kappa shape index (κ2) is 10.9. The molecule has 0 unspecified atom stereocenters. The number of amides is 1. The summed E-state index contributed by atoms with van der Waals surface area (Å²) in [5.41, 5.74) is 2.83. The van der Waals surface area contributed by atoms with Crippen LogP contribution in [0.15, 0.2) is 48.5 Å². The van der Waals surface area contributed by atoms with E-state index >= 15 is 0 Å². The molecule has 0 fully saturated rings. The van der Waals surface area contributed by atoms with Crippen molar-refractivity contribution >= 4 is 23.6 Å². The van der Waals surface area contributed by atoms with E-state index < -0.39 is 5.97 Å². The van der Waals surface area contributed by atoms with Crippen molar-refractivity contribution in [2.75, 3.05) is 46.9 Å². The van der Waals surface area contributed by atoms with Crippen molar-refractivity contribution in [3.63, 3.8) is 0 Å². The van der Waals surface area contributed by atoms with Crippen molar-refractivity contribution in [1.82, 2.24) is 4.90 Å². The van der Waals surface area contributed by atoms with Crippen LogP contribution in [0.3, 0.4) is 0 Å². The van der Waals surface area contributed by atoms with Crippen LogP contribution in [0.1, 0.15) is 11.1 Å². The van der Waals surface area contributed by atoms with Crippen LogP contribution in [-0.4, -0.2) is 58.7 Å². The molecule has 0 N–H and O–H groups in total. The molecule has 7 heteroatoms. The van der Waals surface area contributed by atoms with Crippen LogP contribution < -0.4 is 14.4 Å². The standard InChI is InChI=1S/C23H28N2O5/c1-24(2)19-10-6-18(7-11-19)15-25(3)22(26)16-30-23(27)13-9-17-8-12-20(28-4)21(14-17)29-5/h6-14H,15-16H2,1-5H3/b13-9+. The zero-order valence-corrected chi connectivity index (χ0v) is 18.0. The summed E-state index contributed by atoms with van der Waals surface area (Å²) in [6.45, 7) is 0.118. The van der Waals surface area contributed by atoms with Crippen LogP contribution in [0.4, 0.5) is 5.69 Å². The monoisotopic (exact) mass is 412 g/mol. The van der Waals surface area contributed by atoms with Crippen molar-refractivity contribution in [2.45, 2.75) is 6.54 Å². The molecule has 0 radical (unpaired) electrons. The lowest BCUT2D eigenvalue weighted by Crippen LogP contribution is -2.30. The van der Waals surface area contributed by atoms with E-state index in [-0.39, 0.29) is 12.5 Å². The zero-order chi connectivity index (χ0) is 22.1. The maximum absolute atomic E-state index is 12.2. The molecule has 0 atom stereocenters. The van der Waals surface area contributed by atoms with Gasteiger partial charge < -0.3 is 24.0 Å². The van der Waals surface area contributed by atoms with Gasteiger partial charge in [-0.15, -0.1) is 0 Å². The van der Waals surface area contributed by atoms with E-state index in [0.29, 0.717) is 18.0 Å². The third kappa shape index (κ3) is 6.55. The lowest BCUT2D eigenvalue weighted by molar-refractivity contribution is -0.147. The average molecular weight is 412 g/mol. The van der Waals surface area contributed by atoms with Gasteiger partial charge in [0, 0.05) is 39.5 Å². The fraction of sp³-hybridized carbons (Fsp3) is 0.304. The van der Waals surface area contributed by atoms with Gasteiger partial charge in [0.1, 0.15) is 0 Å². The van der Waals surface area contributed by atoms with Gasteiger partial charge in [0.2, 0.25) is 0 Å². The minimum Gasteiger partial charge on any atom is -0.493 e. The Morgan fingerprint density at radius 2 is 1.60 bits per heavy atom. The maximum atomic E-state index is 12.2. The summed E-state index contributed by atoms with van der Waals surface area (Å²) in [5.74, 6) is 0.284. The quantitative estimate of drug-likeness (QED) is 0.466. The Kier molecular flexibility index (Phi) is 8.29. The Balaban J connectivity index is 1.84. The Morgan fingerprint density at radius 3 is 2.20 bits per heavy atom. The maximum Gasteiger partial charge on any atom is 0.331 e. The van der Waals surface area contributed by atoms with Gasteiger partial charge in [-0.1, -0.05) is 18.2 Å². The van der Waals surface area contributed by atoms with Crippen molar-refractivity contribution in [3.8, 4) is 11.5 Å². The number of hydrogen-bond acceptors (Lipinski definition) is 6. The normalized spacial score (nSPS) is 10.6. The number of hydrogen-bond donors (Lipinski definition) is 0. The van der Waals surface area contributed by atoms with Gasteiger partial charge in [0.05, 0.1) is 14.2 Å². The van der Waals surface area contributed by atoms with Gasteiger partial charge in [-0.25, -0.2) is 4.79 Å². The highest BCUT2D eigenvalue weighted by Gasteiger charge is 2.12. The number of carbonyl (C=O) groups excluding carboxylic acids is 2. The number of esters is 1. The summed E-state index contributed by atoms with van der Waals surface area (Å²) in [7, 11) is 8.71. The number of ether oxygens (including phenoxy) is 3. The van der Waals surface area contributed by atoms with E-state index in [4.69, 9.17) is 14.2 Å². The molecule has 7 nitrogen and oxygen atoms in total. The van der Waals surface area contributed by atoms with E-state index in [1.807, 2.05) is 43.3 Å². The molecule has 0 bridgehead atoms. The molecular weight excluding hydrogens is 384 g/mol. The largest absolute Gasteiger partial charge is 0.493 e. The molecule has 2 rings (SSSR count). The van der Waals surface area contributed by atoms with E-state index in [0.717, 1.165) is 16.8 Å². The second-order valence-electron chi connectivity index (χ2n) is 6.87. The molecule has 0 saturated heterocycles. The SMILES string of the molecule is COc1ccc(/C=C/C(=O)OCC(=O)N(C)Cc2ccc(N(C)C)cc2)cc1OC. The molecule has 0 aliphatic heterocycles. The van der Waals surface area contributed by atoms with E-state index in [2.05, 4.69) is 0 Å². The van der Waals surface area contributed by atoms with E-state index in [1.165, 1.54) is 11.0 Å². The molecule has 160 valence electrons. The molecule has 2 aromatic rings. The van der Waals surface area contributed by atoms with Gasteiger partial charge in [-0.05, 0) is 41.5 Å². The highest BCUT2D eigenvalue weighted by atomic mass is 16.5. The highest BCUT2D eigenvalue weighted by molar-refractivity contribution is 5.89. The first-order chi connectivity index (χ1) is 14.3. The summed E-state index contributed by atoms with van der Waals surface area (Å²) in [5, 5.41) is 0. The number of methoxy groups -OCH3 is 2. The van der Waals surface area contributed by atoms with Gasteiger partial charge in [-0.3, -0.25) is 4.79 Å². The summed E-state index contributed by atoms with van der Waals surface area (Å²) >= 11 is 0. The van der Waals surface area contributed by atoms with Crippen molar-refractivity contribution in [2.24, 2.45) is 0 Å². The minimum atomic E-state index is -0.595. The fourth-order valence-electron chi connectivity index (χ4n) is 2.67. The van der Waals surface area contributed by atoms with E-state index in [1.54, 1.807) is 45.5 Å². The van der Waals surface area contributed by atoms with Crippen LogP contribution in [0.25, 0.3) is 6.08 Å². The summed E-state index contributed by atoms with van der Waals surface area (Å²) in [4.78, 5) is 27.7. The number of anilines is 1. The van der Waals surface area contributed by atoms with Gasteiger partial charge in [0.15, 0.2) is 18.1 Å². The van der Waals surface area contributed by atoms with Gasteiger partial charge >= 0.3 is 5.97 Å². The van der Waals surface area contributed by atoms with Gasteiger partial charge in [-0.2, -0.15) is 0 Å². The summed E-state index contributed by atoms with van der Waals surface area (Å²) < 4.78 is 15.5. The molecule has 0 heterocycles. The number of rotatable bonds is 9. The third-order valence-electron chi connectivity index (χ3n) is 4.46. The number of benzene rings is 2. The highest BCUT2D eigenvalue weighted by Crippen LogP contribution is 2.27. The van der Waals surface area contributed by atoms with Crippen LogP contribution in [-0.2, 0) is 20.9 Å². The molecule has 30 heavy (non-hydrogen) atoms. The molecule has 0 saturated carbocycles. The topological polar surface area (TPSA) is 68.3 Å². The number of likely N-dealkylation sites (N-methyl/N-ethyl adjacent to an activating group) is 1. The first-order valence-corrected chi connectivity index (χ1v) is 9.41. The molecule has 0 aromatic heterocycles. The predicted octanol–water partition coefficient (Wildman–Crippen LogP) is 2.98. The second-order valence-corrected chi connectivity index (χ2v) is 6.87. The molecule has 0 aliphatic carbocycles. The molecule has 0 spiro atoms. The Morgan fingerprint density at radius 1 is 0.933 bits per heavy atom. The first-order valence-electron chi connectivity index (χ1n) is 9.41. The third-order valence-corrected chi connectivity index (χ3v) is 4.46. The lowest BCUT2D eigenvalue weighted by Gasteiger charge is -2.18. The zero-order valence-electron chi connectivity index (χ0n) is 18.0. The predicted molar refractivity (Wildman–Crippen MR) is 117 cm³/mol. The van der Waals surface area contributed by atoms with Crippen molar-refractivity contribution < 1.29 is 23.8 Å². The van der Waals surface area contributed by atoms with Gasteiger partial charge in [0.25, 0.3) is 5.91 Å². The van der Waals surface area contributed by atoms with Crippen LogP contribution in [0.2, 0.25) is 0 Å². The van der Waals surface area contributed by atoms with Crippen molar-refractivity contribution in [3.05, 3.63) is 59.7 Å². The first kappa shape index (κ1) is 22.8. The Hall–Kier alpha value is -3.48. The molecule has 0 aliphatic rings. The van der Waals surface area contributed by atoms with Crippen molar-refractivity contribution in [1.29, 1.82) is 0 Å². The van der Waals surface area contributed by atoms with Crippen LogP contribution >= 0.6 is 0 Å². The minimum absolute atomic E-state index is 0.278. The molecule has 2 aromatic carbocycles. The molecular formula is C23H28N2O5. The fourth-order valence-corrected chi connectivity index (χ4v) is 2.67. The van der Waals surface area contributed by atoms with Crippen LogP contribution in [0.5, 0.6) is 11.5 Å². The number of nitrogens with zero attached hydrogens (tertiary/aromatic N) is 2. The summed E-state index contributed by atoms with van der Waals surface area (Å²) in [6, 6.07) is 13.2. The Bertz CT molecular complexity index is 891. The smallest absolute Gasteiger partial charge is 0.331 e. The molecule has 1 amide bonds. The van der Waals surface area contributed by atoms with Crippen LogP contribution in [0, 0.1) is 0 Å². The van der Waals surface area contributed by atoms with E-state index in [9.17, 15) is 9.59 Å². The summed E-state index contributed by atoms with van der Waals surface area (Å²) in [6.07, 6.45) is 2.86. The number of carbonyl (C=O) groups is 2. The Labute approximate surface area is 177 Å².